The van der Waals surface area contributed by atoms with Gasteiger partial charge in [0.1, 0.15) is 11.6 Å². The molecule has 3 nitrogen and oxygen atoms in total. The van der Waals surface area contributed by atoms with Gasteiger partial charge in [0.15, 0.2) is 23.3 Å². The molecule has 228 valence electrons. The van der Waals surface area contributed by atoms with Gasteiger partial charge in [-0.25, -0.2) is 22.0 Å². The molecule has 0 atom stereocenters. The number of nitrogens with zero attached hydrogens (tertiary/aromatic N) is 3. The Morgan fingerprint density at radius 1 is 0.511 bits per heavy atom. The average Bonchev–Trinajstić information content (AvgIpc) is 3.57. The third kappa shape index (κ3) is 3.96. The van der Waals surface area contributed by atoms with E-state index in [1.807, 2.05) is 91.2 Å². The van der Waals surface area contributed by atoms with E-state index >= 15 is 8.78 Å². The lowest BCUT2D eigenvalue weighted by Crippen LogP contribution is -2.10. The molecule has 8 rings (SSSR count). The van der Waals surface area contributed by atoms with Crippen LogP contribution in [-0.4, -0.2) is 9.13 Å². The Morgan fingerprint density at radius 3 is 1.53 bits per heavy atom. The molecule has 6 aromatic carbocycles. The third-order valence-corrected chi connectivity index (χ3v) is 8.87. The van der Waals surface area contributed by atoms with Crippen molar-refractivity contribution in [3.8, 4) is 28.6 Å². The Kier molecular flexibility index (Phi) is 6.25. The molecule has 0 unspecified atom stereocenters. The van der Waals surface area contributed by atoms with Gasteiger partial charge >= 0.3 is 0 Å². The van der Waals surface area contributed by atoms with Crippen LogP contribution in [0.15, 0.2) is 97.1 Å². The summed E-state index contributed by atoms with van der Waals surface area (Å²) >= 11 is 0. The first-order valence-corrected chi connectivity index (χ1v) is 14.8. The number of hydrogen-bond acceptors (Lipinski definition) is 1. The van der Waals surface area contributed by atoms with Gasteiger partial charge in [-0.15, -0.1) is 0 Å². The summed E-state index contributed by atoms with van der Waals surface area (Å²) in [6.45, 7) is 3.83. The minimum Gasteiger partial charge on any atom is -0.308 e. The lowest BCUT2D eigenvalue weighted by atomic mass is 9.96. The van der Waals surface area contributed by atoms with Crippen LogP contribution in [0.5, 0.6) is 0 Å². The Labute approximate surface area is 264 Å². The summed E-state index contributed by atoms with van der Waals surface area (Å²) in [5.74, 6) is -10.4. The van der Waals surface area contributed by atoms with Crippen molar-refractivity contribution in [3.63, 3.8) is 0 Å². The molecule has 8 heteroatoms. The highest BCUT2D eigenvalue weighted by atomic mass is 19.2. The third-order valence-electron chi connectivity index (χ3n) is 8.87. The molecule has 2 aromatic heterocycles. The lowest BCUT2D eigenvalue weighted by Gasteiger charge is -2.21. The van der Waals surface area contributed by atoms with Gasteiger partial charge in [-0.05, 0) is 61.4 Å². The number of benzene rings is 6. The van der Waals surface area contributed by atoms with E-state index in [2.05, 4.69) is 6.07 Å². The Balaban J connectivity index is 1.62. The minimum atomic E-state index is -2.25. The van der Waals surface area contributed by atoms with Crippen molar-refractivity contribution >= 4 is 43.6 Å². The molecule has 0 aliphatic carbocycles. The summed E-state index contributed by atoms with van der Waals surface area (Å²) in [4.78, 5) is 0. The van der Waals surface area contributed by atoms with E-state index < -0.39 is 34.6 Å². The second kappa shape index (κ2) is 10.3. The summed E-state index contributed by atoms with van der Waals surface area (Å²) in [6.07, 6.45) is 0. The molecule has 0 fully saturated rings. The quantitative estimate of drug-likeness (QED) is 0.109. The number of aromatic nitrogens is 2. The van der Waals surface area contributed by atoms with Crippen LogP contribution >= 0.6 is 0 Å². The van der Waals surface area contributed by atoms with Crippen molar-refractivity contribution in [3.05, 3.63) is 143 Å². The molecule has 0 radical (unpaired) electrons. The smallest absolute Gasteiger partial charge is 0.200 e. The maximum Gasteiger partial charge on any atom is 0.200 e. The average molecular weight is 628 g/mol. The van der Waals surface area contributed by atoms with E-state index in [1.165, 1.54) is 12.1 Å². The van der Waals surface area contributed by atoms with E-state index in [0.717, 1.165) is 43.7 Å². The molecule has 0 N–H and O–H groups in total. The number of hydrogen-bond donors (Lipinski definition) is 0. The van der Waals surface area contributed by atoms with E-state index in [0.29, 0.717) is 16.7 Å². The normalized spacial score (nSPS) is 11.7. The fraction of sp³-hybridized carbons (Fsp3) is 0.0513. The zero-order valence-electron chi connectivity index (χ0n) is 25.0. The fourth-order valence-electron chi connectivity index (χ4n) is 6.81. The first-order valence-electron chi connectivity index (χ1n) is 14.8. The highest BCUT2D eigenvalue weighted by Gasteiger charge is 2.31. The van der Waals surface area contributed by atoms with Crippen LogP contribution in [-0.2, 0) is 0 Å². The van der Waals surface area contributed by atoms with E-state index in [4.69, 9.17) is 0 Å². The summed E-state index contributed by atoms with van der Waals surface area (Å²) in [5.41, 5.74) is 3.51. The van der Waals surface area contributed by atoms with Crippen LogP contribution in [0.2, 0.25) is 0 Å². The van der Waals surface area contributed by atoms with Gasteiger partial charge in [0.25, 0.3) is 0 Å². The molecule has 2 heterocycles. The largest absolute Gasteiger partial charge is 0.308 e. The number of aryl methyl sites for hydroxylation is 2. The fourth-order valence-corrected chi connectivity index (χ4v) is 6.81. The second-order valence-electron chi connectivity index (χ2n) is 11.7. The van der Waals surface area contributed by atoms with E-state index in [9.17, 15) is 18.4 Å². The van der Waals surface area contributed by atoms with Crippen molar-refractivity contribution in [2.75, 3.05) is 0 Å². The van der Waals surface area contributed by atoms with Gasteiger partial charge in [-0.2, -0.15) is 5.26 Å². The standard InChI is InChI=1S/C39H22F5N3/c1-20-11-13-24-22-7-3-5-9-28(22)46(31(24)17-20)30-16-15-26(33-34(40)36(42)38(44)37(43)35(33)41)39(27(30)19-45)47-29-10-6-4-8-23(29)25-14-12-21(2)18-32(25)47/h3-18H,1-2H3. The molecular weight excluding hydrogens is 605 g/mol. The van der Waals surface area contributed by atoms with Crippen molar-refractivity contribution in [2.24, 2.45) is 0 Å². The second-order valence-corrected chi connectivity index (χ2v) is 11.7. The highest BCUT2D eigenvalue weighted by Crippen LogP contribution is 2.44. The van der Waals surface area contributed by atoms with Gasteiger partial charge < -0.3 is 9.13 Å². The predicted octanol–water partition coefficient (Wildman–Crippen LogP) is 10.7. The van der Waals surface area contributed by atoms with Gasteiger partial charge in [-0.3, -0.25) is 0 Å². The SMILES string of the molecule is Cc1ccc2c3ccccc3n(-c3ccc(-c4c(F)c(F)c(F)c(F)c4F)c(-n4c5ccccc5c5ccc(C)cc54)c3C#N)c2c1. The molecule has 0 bridgehead atoms. The number of rotatable bonds is 3. The molecule has 0 aliphatic heterocycles. The van der Waals surface area contributed by atoms with Crippen LogP contribution in [0, 0.1) is 54.3 Å². The molecule has 0 amide bonds. The van der Waals surface area contributed by atoms with Gasteiger partial charge in [0.05, 0.1) is 39.0 Å². The Morgan fingerprint density at radius 2 is 0.979 bits per heavy atom. The molecule has 0 spiro atoms. The molecule has 0 saturated heterocycles. The number of nitriles is 1. The molecule has 0 aliphatic rings. The van der Waals surface area contributed by atoms with Crippen molar-refractivity contribution < 1.29 is 22.0 Å². The Hall–Kier alpha value is -5.94. The van der Waals surface area contributed by atoms with Crippen LogP contribution in [0.3, 0.4) is 0 Å². The van der Waals surface area contributed by atoms with Crippen LogP contribution in [0.1, 0.15) is 16.7 Å². The van der Waals surface area contributed by atoms with Gasteiger partial charge in [0, 0.05) is 27.1 Å². The number of halogens is 5. The van der Waals surface area contributed by atoms with Crippen LogP contribution < -0.4 is 0 Å². The summed E-state index contributed by atoms with van der Waals surface area (Å²) in [7, 11) is 0. The number of fused-ring (bicyclic) bond motifs is 6. The zero-order chi connectivity index (χ0) is 32.7. The summed E-state index contributed by atoms with van der Waals surface area (Å²) in [6, 6.07) is 31.7. The lowest BCUT2D eigenvalue weighted by molar-refractivity contribution is 0.381. The van der Waals surface area contributed by atoms with E-state index in [-0.39, 0.29) is 16.8 Å². The molecule has 8 aromatic rings. The topological polar surface area (TPSA) is 33.6 Å². The highest BCUT2D eigenvalue weighted by molar-refractivity contribution is 6.11. The molecular formula is C39H22F5N3. The van der Waals surface area contributed by atoms with Crippen molar-refractivity contribution in [2.45, 2.75) is 13.8 Å². The van der Waals surface area contributed by atoms with Crippen LogP contribution in [0.4, 0.5) is 22.0 Å². The van der Waals surface area contributed by atoms with Crippen molar-refractivity contribution in [1.29, 1.82) is 5.26 Å². The Bertz CT molecular complexity index is 2650. The zero-order valence-corrected chi connectivity index (χ0v) is 25.0. The first kappa shape index (κ1) is 28.5. The molecule has 0 saturated carbocycles. The summed E-state index contributed by atoms with van der Waals surface area (Å²) in [5, 5.41) is 14.4. The first-order chi connectivity index (χ1) is 22.7. The van der Waals surface area contributed by atoms with Gasteiger partial charge in [0.2, 0.25) is 5.82 Å². The number of para-hydroxylation sites is 2. The molecule has 47 heavy (non-hydrogen) atoms. The maximum atomic E-state index is 15.7. The van der Waals surface area contributed by atoms with E-state index in [1.54, 1.807) is 16.7 Å². The maximum absolute atomic E-state index is 15.7. The monoisotopic (exact) mass is 627 g/mol. The van der Waals surface area contributed by atoms with Crippen LogP contribution in [0.25, 0.3) is 66.1 Å². The van der Waals surface area contributed by atoms with Crippen molar-refractivity contribution in [1.82, 2.24) is 9.13 Å². The predicted molar refractivity (Wildman–Crippen MR) is 175 cm³/mol. The minimum absolute atomic E-state index is 0.0106. The van der Waals surface area contributed by atoms with Gasteiger partial charge in [-0.1, -0.05) is 60.7 Å². The summed E-state index contributed by atoms with van der Waals surface area (Å²) < 4.78 is 78.7.